The van der Waals surface area contributed by atoms with E-state index in [4.69, 9.17) is 16.3 Å². The lowest BCUT2D eigenvalue weighted by atomic mass is 10.1. The Bertz CT molecular complexity index is 564. The van der Waals surface area contributed by atoms with Gasteiger partial charge in [-0.05, 0) is 31.0 Å². The van der Waals surface area contributed by atoms with Crippen LogP contribution in [0.4, 0.5) is 0 Å². The van der Waals surface area contributed by atoms with Crippen molar-refractivity contribution in [3.8, 4) is 0 Å². The SMILES string of the molecule is CCOC(=O)C1CSC(C(C)C)N1C(=O)c1cccc(Cl)c1. The predicted octanol–water partition coefficient (Wildman–Crippen LogP) is 3.44. The average molecular weight is 342 g/mol. The standard InChI is InChI=1S/C16H20ClNO3S/c1-4-21-16(20)13-9-22-15(10(2)3)18(13)14(19)11-6-5-7-12(17)8-11/h5-8,10,13,15H,4,9H2,1-3H3. The molecule has 0 N–H and O–H groups in total. The van der Waals surface area contributed by atoms with E-state index < -0.39 is 6.04 Å². The molecule has 0 aliphatic carbocycles. The molecule has 1 fully saturated rings. The molecule has 0 aromatic heterocycles. The summed E-state index contributed by atoms with van der Waals surface area (Å²) < 4.78 is 5.12. The van der Waals surface area contributed by atoms with Gasteiger partial charge in [0.15, 0.2) is 0 Å². The summed E-state index contributed by atoms with van der Waals surface area (Å²) in [5.41, 5.74) is 0.495. The number of hydrogen-bond donors (Lipinski definition) is 0. The number of carbonyl (C=O) groups excluding carboxylic acids is 2. The van der Waals surface area contributed by atoms with Gasteiger partial charge in [-0.1, -0.05) is 31.5 Å². The Morgan fingerprint density at radius 3 is 2.77 bits per heavy atom. The largest absolute Gasteiger partial charge is 0.464 e. The van der Waals surface area contributed by atoms with Crippen molar-refractivity contribution in [2.24, 2.45) is 5.92 Å². The maximum Gasteiger partial charge on any atom is 0.329 e. The van der Waals surface area contributed by atoms with Crippen molar-refractivity contribution in [2.45, 2.75) is 32.2 Å². The van der Waals surface area contributed by atoms with Crippen molar-refractivity contribution in [3.63, 3.8) is 0 Å². The van der Waals surface area contributed by atoms with Crippen LogP contribution in [0.3, 0.4) is 0 Å². The Labute approximate surface area is 140 Å². The lowest BCUT2D eigenvalue weighted by molar-refractivity contribution is -0.147. The van der Waals surface area contributed by atoms with Gasteiger partial charge >= 0.3 is 5.97 Å². The number of halogens is 1. The van der Waals surface area contributed by atoms with E-state index in [-0.39, 0.29) is 23.2 Å². The Morgan fingerprint density at radius 1 is 1.45 bits per heavy atom. The summed E-state index contributed by atoms with van der Waals surface area (Å²) in [6.45, 7) is 6.17. The van der Waals surface area contributed by atoms with E-state index in [1.807, 2.05) is 13.8 Å². The maximum atomic E-state index is 12.9. The first-order chi connectivity index (χ1) is 10.5. The third-order valence-corrected chi connectivity index (χ3v) is 5.33. The zero-order chi connectivity index (χ0) is 16.3. The molecule has 1 aromatic carbocycles. The molecule has 1 aliphatic heterocycles. The van der Waals surface area contributed by atoms with E-state index in [1.54, 1.807) is 47.9 Å². The minimum atomic E-state index is -0.538. The summed E-state index contributed by atoms with van der Waals surface area (Å²) in [5.74, 6) is 0.291. The Morgan fingerprint density at radius 2 is 2.18 bits per heavy atom. The molecule has 0 spiro atoms. The number of hydrogen-bond acceptors (Lipinski definition) is 4. The molecule has 1 heterocycles. The number of esters is 1. The van der Waals surface area contributed by atoms with E-state index in [9.17, 15) is 9.59 Å². The lowest BCUT2D eigenvalue weighted by Gasteiger charge is -2.30. The highest BCUT2D eigenvalue weighted by Gasteiger charge is 2.43. The van der Waals surface area contributed by atoms with E-state index in [0.29, 0.717) is 22.9 Å². The first-order valence-electron chi connectivity index (χ1n) is 7.32. The van der Waals surface area contributed by atoms with E-state index in [2.05, 4.69) is 0 Å². The van der Waals surface area contributed by atoms with Crippen molar-refractivity contribution in [1.82, 2.24) is 4.90 Å². The zero-order valence-corrected chi connectivity index (χ0v) is 14.5. The van der Waals surface area contributed by atoms with Crippen LogP contribution in [0.2, 0.25) is 5.02 Å². The van der Waals surface area contributed by atoms with Gasteiger partial charge in [0.1, 0.15) is 6.04 Å². The maximum absolute atomic E-state index is 12.9. The highest BCUT2D eigenvalue weighted by atomic mass is 35.5. The van der Waals surface area contributed by atoms with Crippen LogP contribution in [0.25, 0.3) is 0 Å². The van der Waals surface area contributed by atoms with Crippen LogP contribution in [0.5, 0.6) is 0 Å². The van der Waals surface area contributed by atoms with Gasteiger partial charge in [0.25, 0.3) is 5.91 Å². The van der Waals surface area contributed by atoms with Crippen LogP contribution in [-0.2, 0) is 9.53 Å². The first kappa shape index (κ1) is 17.2. The second-order valence-corrected chi connectivity index (χ2v) is 7.04. The Kier molecular flexibility index (Phi) is 5.75. The van der Waals surface area contributed by atoms with Gasteiger partial charge < -0.3 is 9.64 Å². The highest BCUT2D eigenvalue weighted by Crippen LogP contribution is 2.35. The molecule has 6 heteroatoms. The second kappa shape index (κ2) is 7.38. The van der Waals surface area contributed by atoms with Gasteiger partial charge in [-0.15, -0.1) is 11.8 Å². The number of amides is 1. The molecule has 2 rings (SSSR count). The van der Waals surface area contributed by atoms with Crippen LogP contribution >= 0.6 is 23.4 Å². The summed E-state index contributed by atoms with van der Waals surface area (Å²) in [4.78, 5) is 26.7. The number of ether oxygens (including phenoxy) is 1. The monoisotopic (exact) mass is 341 g/mol. The van der Waals surface area contributed by atoms with Crippen molar-refractivity contribution in [1.29, 1.82) is 0 Å². The average Bonchev–Trinajstić information content (AvgIpc) is 2.91. The number of rotatable bonds is 4. The molecule has 1 aliphatic rings. The van der Waals surface area contributed by atoms with E-state index in [0.717, 1.165) is 0 Å². The third kappa shape index (κ3) is 3.58. The van der Waals surface area contributed by atoms with Gasteiger partial charge in [0, 0.05) is 16.3 Å². The predicted molar refractivity (Wildman–Crippen MR) is 89.1 cm³/mol. The van der Waals surface area contributed by atoms with Crippen LogP contribution in [-0.4, -0.2) is 40.6 Å². The summed E-state index contributed by atoms with van der Waals surface area (Å²) in [5, 5.41) is 0.465. The van der Waals surface area contributed by atoms with Crippen molar-refractivity contribution in [3.05, 3.63) is 34.9 Å². The van der Waals surface area contributed by atoms with Gasteiger partial charge in [-0.25, -0.2) is 4.79 Å². The van der Waals surface area contributed by atoms with Crippen LogP contribution in [0, 0.1) is 5.92 Å². The zero-order valence-electron chi connectivity index (χ0n) is 12.9. The molecule has 0 bridgehead atoms. The molecule has 0 saturated carbocycles. The highest BCUT2D eigenvalue weighted by molar-refractivity contribution is 8.00. The summed E-state index contributed by atoms with van der Waals surface area (Å²) >= 11 is 7.59. The molecule has 4 nitrogen and oxygen atoms in total. The molecule has 22 heavy (non-hydrogen) atoms. The number of benzene rings is 1. The number of thioether (sulfide) groups is 1. The van der Waals surface area contributed by atoms with Crippen molar-refractivity contribution < 1.29 is 14.3 Å². The quantitative estimate of drug-likeness (QED) is 0.787. The smallest absolute Gasteiger partial charge is 0.329 e. The summed E-state index contributed by atoms with van der Waals surface area (Å²) in [6, 6.07) is 6.27. The number of carbonyl (C=O) groups is 2. The van der Waals surface area contributed by atoms with Crippen LogP contribution in [0.1, 0.15) is 31.1 Å². The summed E-state index contributed by atoms with van der Waals surface area (Å²) in [6.07, 6.45) is 0. The molecule has 2 atom stereocenters. The molecule has 1 saturated heterocycles. The Hall–Kier alpha value is -1.20. The van der Waals surface area contributed by atoms with Gasteiger partial charge in [0.05, 0.1) is 12.0 Å². The molecule has 120 valence electrons. The molecule has 2 unspecified atom stereocenters. The van der Waals surface area contributed by atoms with Gasteiger partial charge in [-0.2, -0.15) is 0 Å². The fourth-order valence-electron chi connectivity index (χ4n) is 2.49. The Balaban J connectivity index is 2.31. The number of nitrogens with zero attached hydrogens (tertiary/aromatic N) is 1. The van der Waals surface area contributed by atoms with Crippen LogP contribution in [0.15, 0.2) is 24.3 Å². The molecule has 0 radical (unpaired) electrons. The minimum absolute atomic E-state index is 0.0408. The normalized spacial score (nSPS) is 21.2. The van der Waals surface area contributed by atoms with Crippen LogP contribution < -0.4 is 0 Å². The summed E-state index contributed by atoms with van der Waals surface area (Å²) in [7, 11) is 0. The van der Waals surface area contributed by atoms with Gasteiger partial charge in [0.2, 0.25) is 0 Å². The molecular formula is C16H20ClNO3S. The first-order valence-corrected chi connectivity index (χ1v) is 8.74. The topological polar surface area (TPSA) is 46.6 Å². The second-order valence-electron chi connectivity index (χ2n) is 5.46. The van der Waals surface area contributed by atoms with Crippen molar-refractivity contribution in [2.75, 3.05) is 12.4 Å². The lowest BCUT2D eigenvalue weighted by Crippen LogP contribution is -2.47. The minimum Gasteiger partial charge on any atom is -0.464 e. The molecular weight excluding hydrogens is 322 g/mol. The molecule has 1 amide bonds. The van der Waals surface area contributed by atoms with E-state index in [1.165, 1.54) is 0 Å². The fourth-order valence-corrected chi connectivity index (χ4v) is 4.14. The molecule has 1 aromatic rings. The third-order valence-electron chi connectivity index (χ3n) is 3.47. The van der Waals surface area contributed by atoms with Gasteiger partial charge in [-0.3, -0.25) is 4.79 Å². The van der Waals surface area contributed by atoms with Crippen molar-refractivity contribution >= 4 is 35.2 Å². The van der Waals surface area contributed by atoms with E-state index >= 15 is 0 Å². The fraction of sp³-hybridized carbons (Fsp3) is 0.500.